The molecule has 0 aliphatic heterocycles. The summed E-state index contributed by atoms with van der Waals surface area (Å²) >= 11 is 0. The number of halogens is 7. The van der Waals surface area contributed by atoms with E-state index >= 15 is 0 Å². The summed E-state index contributed by atoms with van der Waals surface area (Å²) in [6, 6.07) is 4.23. The molecule has 1 aromatic carbocycles. The molecule has 2 aromatic heterocycles. The highest BCUT2D eigenvalue weighted by Crippen LogP contribution is 2.64. The van der Waals surface area contributed by atoms with Gasteiger partial charge in [-0.25, -0.2) is 27.6 Å². The SMILES string of the molecule is N#CC12CCC(N(OC(=O)C(F)(F)F)S(=O)(=O)c3cc(-c4cnc5c(N)nc(C(F)(F)F)cn45)ccc3F)(C1)C2. The number of nitrogens with two attached hydrogens (primary N) is 1. The first-order chi connectivity index (χ1) is 18.4. The predicted octanol–water partition coefficient (Wildman–Crippen LogP) is 3.98. The lowest BCUT2D eigenvalue weighted by molar-refractivity contribution is -0.241. The van der Waals surface area contributed by atoms with Crippen molar-refractivity contribution in [3.63, 3.8) is 0 Å². The monoisotopic (exact) mass is 592 g/mol. The zero-order chi connectivity index (χ0) is 29.5. The molecule has 2 bridgehead atoms. The molecule has 0 atom stereocenters. The van der Waals surface area contributed by atoms with Crippen LogP contribution in [0.25, 0.3) is 16.9 Å². The third-order valence-electron chi connectivity index (χ3n) is 6.96. The smallest absolute Gasteiger partial charge is 0.381 e. The lowest BCUT2D eigenvalue weighted by Gasteiger charge is -2.47. The number of carbonyl (C=O) groups is 1. The van der Waals surface area contributed by atoms with Gasteiger partial charge in [0, 0.05) is 11.8 Å². The minimum Gasteiger partial charge on any atom is -0.381 e. The molecular weight excluding hydrogens is 577 g/mol. The van der Waals surface area contributed by atoms with E-state index < -0.39 is 61.5 Å². The summed E-state index contributed by atoms with van der Waals surface area (Å²) in [5.74, 6) is -4.96. The molecule has 0 spiro atoms. The Labute approximate surface area is 219 Å². The minimum atomic E-state index is -5.61. The van der Waals surface area contributed by atoms with E-state index in [1.54, 1.807) is 0 Å². The van der Waals surface area contributed by atoms with Crippen LogP contribution in [0.2, 0.25) is 0 Å². The van der Waals surface area contributed by atoms with Gasteiger partial charge >= 0.3 is 18.3 Å². The van der Waals surface area contributed by atoms with Crippen molar-refractivity contribution in [2.45, 2.75) is 48.5 Å². The van der Waals surface area contributed by atoms with Crippen LogP contribution in [0.3, 0.4) is 0 Å². The summed E-state index contributed by atoms with van der Waals surface area (Å²) in [6.07, 6.45) is -9.58. The number of hydrogen-bond acceptors (Lipinski definition) is 8. The predicted molar refractivity (Wildman–Crippen MR) is 118 cm³/mol. The van der Waals surface area contributed by atoms with Gasteiger partial charge in [0.15, 0.2) is 17.2 Å². The van der Waals surface area contributed by atoms with Gasteiger partial charge in [-0.1, -0.05) is 0 Å². The van der Waals surface area contributed by atoms with Gasteiger partial charge in [-0.05, 0) is 48.4 Å². The van der Waals surface area contributed by atoms with Gasteiger partial charge in [0.25, 0.3) is 10.0 Å². The summed E-state index contributed by atoms with van der Waals surface area (Å²) < 4.78 is 122. The van der Waals surface area contributed by atoms with E-state index in [4.69, 9.17) is 5.73 Å². The van der Waals surface area contributed by atoms with Gasteiger partial charge in [-0.15, -0.1) is 0 Å². The second kappa shape index (κ2) is 8.51. The third-order valence-corrected chi connectivity index (χ3v) is 8.72. The molecule has 3 aliphatic carbocycles. The Morgan fingerprint density at radius 2 is 1.85 bits per heavy atom. The zero-order valence-electron chi connectivity index (χ0n) is 19.7. The molecule has 0 amide bonds. The maximum atomic E-state index is 15.0. The van der Waals surface area contributed by atoms with Crippen molar-refractivity contribution < 1.29 is 48.8 Å². The standard InChI is InChI=1S/C22H15F7N6O4S/c23-12-2-1-11(13-6-32-17-16(31)33-15(7-34(13)17)21(24,25)26)5-14(12)40(37,38)35(39-18(36)22(27,28)29)20-4-3-19(8-20,9-20)10-30/h1-2,5-7H,3-4,8-9H2,(H2,31,33). The summed E-state index contributed by atoms with van der Waals surface area (Å²) in [7, 11) is -5.37. The molecule has 0 radical (unpaired) electrons. The first-order valence-corrected chi connectivity index (χ1v) is 12.6. The zero-order valence-corrected chi connectivity index (χ0v) is 20.5. The van der Waals surface area contributed by atoms with E-state index in [1.165, 1.54) is 0 Å². The number of hydrogen-bond donors (Lipinski definition) is 1. The summed E-state index contributed by atoms with van der Waals surface area (Å²) in [4.78, 5) is 21.9. The minimum absolute atomic E-state index is 0.0976. The molecule has 3 aromatic rings. The van der Waals surface area contributed by atoms with Crippen LogP contribution in [0.1, 0.15) is 31.4 Å². The van der Waals surface area contributed by atoms with Crippen molar-refractivity contribution in [3.05, 3.63) is 42.1 Å². The summed E-state index contributed by atoms with van der Waals surface area (Å²) in [5.41, 5.74) is 0.723. The number of sulfonamides is 1. The molecule has 3 saturated carbocycles. The average molecular weight is 592 g/mol. The third kappa shape index (κ3) is 4.20. The van der Waals surface area contributed by atoms with Crippen LogP contribution in [0.5, 0.6) is 0 Å². The molecule has 10 nitrogen and oxygen atoms in total. The average Bonchev–Trinajstić information content (AvgIpc) is 3.53. The Hall–Kier alpha value is -3.98. The number of hydroxylamine groups is 1. The van der Waals surface area contributed by atoms with E-state index in [-0.39, 0.29) is 47.1 Å². The van der Waals surface area contributed by atoms with Gasteiger partial charge in [-0.3, -0.25) is 4.40 Å². The van der Waals surface area contributed by atoms with E-state index in [2.05, 4.69) is 14.8 Å². The molecular formula is C22H15F7N6O4S. The van der Waals surface area contributed by atoms with Gasteiger partial charge < -0.3 is 10.6 Å². The van der Waals surface area contributed by atoms with E-state index in [0.717, 1.165) is 16.7 Å². The van der Waals surface area contributed by atoms with Crippen LogP contribution >= 0.6 is 0 Å². The maximum Gasteiger partial charge on any atom is 0.492 e. The van der Waals surface area contributed by atoms with Crippen LogP contribution in [-0.4, -0.2) is 44.9 Å². The second-order valence-electron chi connectivity index (χ2n) is 9.57. The fourth-order valence-electron chi connectivity index (χ4n) is 5.23. The fourth-order valence-corrected chi connectivity index (χ4v) is 6.89. The maximum absolute atomic E-state index is 15.0. The quantitative estimate of drug-likeness (QED) is 0.346. The van der Waals surface area contributed by atoms with Gasteiger partial charge in [0.2, 0.25) is 0 Å². The number of aromatic nitrogens is 3. The van der Waals surface area contributed by atoms with Gasteiger partial charge in [0.1, 0.15) is 10.7 Å². The lowest BCUT2D eigenvalue weighted by Crippen LogP contribution is -2.58. The topological polar surface area (TPSA) is 144 Å². The number of rotatable bonds is 5. The number of benzene rings is 1. The Balaban J connectivity index is 1.63. The molecule has 3 aliphatic rings. The number of fused-ring (bicyclic) bond motifs is 2. The Morgan fingerprint density at radius 1 is 1.18 bits per heavy atom. The number of alkyl halides is 6. The highest BCUT2D eigenvalue weighted by molar-refractivity contribution is 7.89. The van der Waals surface area contributed by atoms with E-state index in [1.807, 2.05) is 6.07 Å². The number of anilines is 1. The van der Waals surface area contributed by atoms with E-state index in [9.17, 15) is 49.2 Å². The largest absolute Gasteiger partial charge is 0.492 e. The Bertz CT molecular complexity index is 1710. The summed E-state index contributed by atoms with van der Waals surface area (Å²) in [5, 5.41) is 9.39. The van der Waals surface area contributed by atoms with Crippen molar-refractivity contribution in [1.82, 2.24) is 18.8 Å². The first-order valence-electron chi connectivity index (χ1n) is 11.2. The molecule has 0 unspecified atom stereocenters. The number of nitrogens with zero attached hydrogens (tertiary/aromatic N) is 5. The van der Waals surface area contributed by atoms with Gasteiger partial charge in [-0.2, -0.15) is 31.6 Å². The van der Waals surface area contributed by atoms with Crippen molar-refractivity contribution in [2.24, 2.45) is 5.41 Å². The highest BCUT2D eigenvalue weighted by atomic mass is 32.2. The van der Waals surface area contributed by atoms with Crippen molar-refractivity contribution in [1.29, 1.82) is 5.26 Å². The first kappa shape index (κ1) is 27.6. The summed E-state index contributed by atoms with van der Waals surface area (Å²) in [6.45, 7) is 0. The number of nitrogen functional groups attached to an aromatic ring is 1. The van der Waals surface area contributed by atoms with Crippen molar-refractivity contribution in [3.8, 4) is 17.3 Å². The molecule has 2 heterocycles. The molecule has 0 saturated heterocycles. The molecule has 40 heavy (non-hydrogen) atoms. The number of imidazole rings is 1. The molecule has 6 rings (SSSR count). The number of carbonyl (C=O) groups excluding carboxylic acids is 1. The molecule has 3 fully saturated rings. The second-order valence-corrected chi connectivity index (χ2v) is 11.3. The van der Waals surface area contributed by atoms with Crippen molar-refractivity contribution in [2.75, 3.05) is 5.73 Å². The Kier molecular flexibility index (Phi) is 5.87. The Morgan fingerprint density at radius 3 is 2.42 bits per heavy atom. The van der Waals surface area contributed by atoms with Gasteiger partial charge in [0.05, 0.1) is 28.9 Å². The van der Waals surface area contributed by atoms with Crippen LogP contribution in [0.4, 0.5) is 36.6 Å². The van der Waals surface area contributed by atoms with Crippen LogP contribution in [-0.2, 0) is 25.8 Å². The molecule has 18 heteroatoms. The van der Waals surface area contributed by atoms with Crippen molar-refractivity contribution >= 4 is 27.5 Å². The fraction of sp³-hybridized carbons (Fsp3) is 0.364. The molecule has 2 N–H and O–H groups in total. The molecule has 212 valence electrons. The normalized spacial score (nSPS) is 22.8. The number of nitriles is 1. The lowest BCUT2D eigenvalue weighted by atomic mass is 9.66. The van der Waals surface area contributed by atoms with Crippen LogP contribution < -0.4 is 5.73 Å². The highest BCUT2D eigenvalue weighted by Gasteiger charge is 2.68. The van der Waals surface area contributed by atoms with Crippen LogP contribution in [0.15, 0.2) is 35.5 Å². The van der Waals surface area contributed by atoms with Crippen LogP contribution in [0, 0.1) is 22.6 Å². The van der Waals surface area contributed by atoms with E-state index in [0.29, 0.717) is 18.3 Å².